The van der Waals surface area contributed by atoms with E-state index < -0.39 is 42.3 Å². The van der Waals surface area contributed by atoms with E-state index in [9.17, 15) is 27.9 Å². The number of amides is 1. The molecule has 1 fully saturated rings. The maximum atomic E-state index is 12.6. The van der Waals surface area contributed by atoms with Crippen LogP contribution in [0.5, 0.6) is 0 Å². The summed E-state index contributed by atoms with van der Waals surface area (Å²) in [6, 6.07) is -1.49. The first-order valence-electron chi connectivity index (χ1n) is 5.06. The van der Waals surface area contributed by atoms with Crippen LogP contribution < -0.4 is 5.73 Å². The predicted octanol–water partition coefficient (Wildman–Crippen LogP) is -0.687. The number of carboxylic acid groups (broad SMARTS) is 1. The van der Waals surface area contributed by atoms with Crippen LogP contribution in [0.25, 0.3) is 0 Å². The van der Waals surface area contributed by atoms with E-state index in [1.807, 2.05) is 0 Å². The number of aliphatic hydroxyl groups excluding tert-OH is 1. The minimum atomic E-state index is -5.00. The summed E-state index contributed by atoms with van der Waals surface area (Å²) in [7, 11) is 0. The summed E-state index contributed by atoms with van der Waals surface area (Å²) < 4.78 is 37.7. The number of carboxylic acids is 1. The van der Waals surface area contributed by atoms with E-state index in [0.717, 1.165) is 0 Å². The Bertz CT molecular complexity index is 369. The Kier molecular flexibility index (Phi) is 3.59. The number of likely N-dealkylation sites (tertiary alicyclic amines) is 1. The molecule has 0 aromatic rings. The molecule has 3 atom stereocenters. The summed E-state index contributed by atoms with van der Waals surface area (Å²) in [5.41, 5.74) is 1.76. The van der Waals surface area contributed by atoms with Crippen molar-refractivity contribution < 1.29 is 33.0 Å². The number of carbonyl (C=O) groups excluding carboxylic acids is 1. The second-order valence-electron chi connectivity index (χ2n) is 4.40. The van der Waals surface area contributed by atoms with Gasteiger partial charge in [-0.15, -0.1) is 0 Å². The fourth-order valence-corrected chi connectivity index (χ4v) is 1.69. The summed E-state index contributed by atoms with van der Waals surface area (Å²) in [5.74, 6) is -3.03. The highest BCUT2D eigenvalue weighted by Crippen LogP contribution is 2.32. The number of hydrogen-bond donors (Lipinski definition) is 3. The number of aliphatic hydroxyl groups is 1. The topological polar surface area (TPSA) is 104 Å². The lowest BCUT2D eigenvalue weighted by Gasteiger charge is -2.32. The molecule has 0 aromatic heterocycles. The van der Waals surface area contributed by atoms with Gasteiger partial charge in [0.15, 0.2) is 5.54 Å². The zero-order chi connectivity index (χ0) is 14.3. The van der Waals surface area contributed by atoms with Crippen molar-refractivity contribution in [3.05, 3.63) is 0 Å². The molecule has 9 heteroatoms. The Morgan fingerprint density at radius 1 is 1.39 bits per heavy atom. The molecule has 1 aliphatic heterocycles. The van der Waals surface area contributed by atoms with Crippen molar-refractivity contribution in [2.75, 3.05) is 6.54 Å². The number of rotatable bonds is 2. The van der Waals surface area contributed by atoms with Crippen LogP contribution >= 0.6 is 0 Å². The van der Waals surface area contributed by atoms with Crippen LogP contribution in [0.15, 0.2) is 0 Å². The molecule has 1 saturated heterocycles. The number of β-amino-alcohol motifs (C(OH)–C–C–N with tert-alkyl or cyclic N) is 1. The largest absolute Gasteiger partial charge is 0.480 e. The lowest BCUT2D eigenvalue weighted by molar-refractivity contribution is -0.195. The fraction of sp³-hybridized carbons (Fsp3) is 0.778. The van der Waals surface area contributed by atoms with Crippen LogP contribution in [-0.4, -0.2) is 57.4 Å². The van der Waals surface area contributed by atoms with E-state index in [1.165, 1.54) is 0 Å². The van der Waals surface area contributed by atoms with Crippen molar-refractivity contribution in [3.63, 3.8) is 0 Å². The summed E-state index contributed by atoms with van der Waals surface area (Å²) in [6.45, 7) is -0.00237. The molecule has 1 aliphatic rings. The van der Waals surface area contributed by atoms with Gasteiger partial charge in [0.2, 0.25) is 0 Å². The molecular formula is C9H13F3N2O4. The molecule has 1 heterocycles. The summed E-state index contributed by atoms with van der Waals surface area (Å²) >= 11 is 0. The van der Waals surface area contributed by atoms with Gasteiger partial charge < -0.3 is 20.8 Å². The van der Waals surface area contributed by atoms with Crippen LogP contribution in [0.3, 0.4) is 0 Å². The lowest BCUT2D eigenvalue weighted by atomic mass is 10.0. The Morgan fingerprint density at radius 2 is 1.89 bits per heavy atom. The van der Waals surface area contributed by atoms with Crippen molar-refractivity contribution in [3.8, 4) is 0 Å². The van der Waals surface area contributed by atoms with Gasteiger partial charge in [0.05, 0.1) is 6.10 Å². The zero-order valence-corrected chi connectivity index (χ0v) is 9.44. The van der Waals surface area contributed by atoms with Crippen molar-refractivity contribution in [1.29, 1.82) is 0 Å². The number of alkyl halides is 3. The third-order valence-electron chi connectivity index (χ3n) is 2.86. The van der Waals surface area contributed by atoms with Gasteiger partial charge in [-0.2, -0.15) is 13.2 Å². The van der Waals surface area contributed by atoms with Gasteiger partial charge in [-0.1, -0.05) is 0 Å². The molecule has 18 heavy (non-hydrogen) atoms. The number of hydrogen-bond acceptors (Lipinski definition) is 4. The maximum Gasteiger partial charge on any atom is 0.415 e. The van der Waals surface area contributed by atoms with Crippen LogP contribution in [0.4, 0.5) is 13.2 Å². The molecule has 0 aromatic carbocycles. The molecule has 0 saturated carbocycles. The number of aliphatic carboxylic acids is 1. The molecule has 0 spiro atoms. The standard InChI is InChI=1S/C9H13F3N2O4/c1-8(13,9(10,11)12)7(18)14-3-4(15)2-5(14)6(16)17/h4-5,15H,2-3,13H2,1H3,(H,16,17)/t4-,5-,8?/m1/s1. The van der Waals surface area contributed by atoms with Crippen molar-refractivity contribution in [1.82, 2.24) is 4.90 Å². The minimum Gasteiger partial charge on any atom is -0.480 e. The first-order chi connectivity index (χ1) is 7.98. The number of halogens is 3. The van der Waals surface area contributed by atoms with Crippen molar-refractivity contribution >= 4 is 11.9 Å². The van der Waals surface area contributed by atoms with Gasteiger partial charge in [0, 0.05) is 13.0 Å². The van der Waals surface area contributed by atoms with Gasteiger partial charge in [-0.05, 0) is 6.92 Å². The van der Waals surface area contributed by atoms with E-state index in [1.54, 1.807) is 0 Å². The molecule has 104 valence electrons. The Hall–Kier alpha value is -1.35. The second-order valence-corrected chi connectivity index (χ2v) is 4.40. The van der Waals surface area contributed by atoms with E-state index in [4.69, 9.17) is 10.8 Å². The normalized spacial score (nSPS) is 28.0. The second kappa shape index (κ2) is 4.39. The Balaban J connectivity index is 3.00. The number of nitrogens with two attached hydrogens (primary N) is 1. The van der Waals surface area contributed by atoms with E-state index in [2.05, 4.69) is 0 Å². The summed E-state index contributed by atoms with van der Waals surface area (Å²) in [6.07, 6.45) is -6.48. The van der Waals surface area contributed by atoms with Crippen molar-refractivity contribution in [2.45, 2.75) is 37.2 Å². The zero-order valence-electron chi connectivity index (χ0n) is 9.44. The molecule has 0 aliphatic carbocycles. The molecule has 1 amide bonds. The quantitative estimate of drug-likeness (QED) is 0.616. The lowest BCUT2D eigenvalue weighted by Crippen LogP contribution is -2.63. The molecule has 1 unspecified atom stereocenters. The first kappa shape index (κ1) is 14.7. The van der Waals surface area contributed by atoms with Gasteiger partial charge in [-0.25, -0.2) is 4.79 Å². The molecule has 4 N–H and O–H groups in total. The highest BCUT2D eigenvalue weighted by Gasteiger charge is 2.57. The number of carbonyl (C=O) groups is 2. The van der Waals surface area contributed by atoms with Crippen LogP contribution in [-0.2, 0) is 9.59 Å². The number of nitrogens with zero attached hydrogens (tertiary/aromatic N) is 1. The summed E-state index contributed by atoms with van der Waals surface area (Å²) in [5, 5.41) is 18.0. The Morgan fingerprint density at radius 3 is 2.28 bits per heavy atom. The molecule has 1 rings (SSSR count). The fourth-order valence-electron chi connectivity index (χ4n) is 1.69. The predicted molar refractivity (Wildman–Crippen MR) is 52.4 cm³/mol. The SMILES string of the molecule is CC(N)(C(=O)N1C[C@H](O)C[C@@H]1C(=O)O)C(F)(F)F. The highest BCUT2D eigenvalue weighted by atomic mass is 19.4. The average molecular weight is 270 g/mol. The molecule has 6 nitrogen and oxygen atoms in total. The van der Waals surface area contributed by atoms with Crippen LogP contribution in [0.2, 0.25) is 0 Å². The summed E-state index contributed by atoms with van der Waals surface area (Å²) in [4.78, 5) is 23.0. The van der Waals surface area contributed by atoms with E-state index in [-0.39, 0.29) is 6.42 Å². The van der Waals surface area contributed by atoms with E-state index >= 15 is 0 Å². The van der Waals surface area contributed by atoms with Crippen LogP contribution in [0.1, 0.15) is 13.3 Å². The van der Waals surface area contributed by atoms with Gasteiger partial charge in [0.1, 0.15) is 6.04 Å². The third-order valence-corrected chi connectivity index (χ3v) is 2.86. The van der Waals surface area contributed by atoms with Crippen LogP contribution in [0, 0.1) is 0 Å². The van der Waals surface area contributed by atoms with Gasteiger partial charge in [0.25, 0.3) is 5.91 Å². The van der Waals surface area contributed by atoms with Gasteiger partial charge in [-0.3, -0.25) is 4.79 Å². The monoisotopic (exact) mass is 270 g/mol. The Labute approximate surface area is 100 Å². The smallest absolute Gasteiger partial charge is 0.415 e. The van der Waals surface area contributed by atoms with E-state index in [0.29, 0.717) is 11.8 Å². The molecular weight excluding hydrogens is 257 g/mol. The average Bonchev–Trinajstić information content (AvgIpc) is 2.57. The van der Waals surface area contributed by atoms with Gasteiger partial charge >= 0.3 is 12.1 Å². The maximum absolute atomic E-state index is 12.6. The third kappa shape index (κ3) is 2.41. The van der Waals surface area contributed by atoms with Crippen molar-refractivity contribution in [2.24, 2.45) is 5.73 Å². The molecule has 0 radical (unpaired) electrons. The highest BCUT2D eigenvalue weighted by molar-refractivity contribution is 5.91. The molecule has 0 bridgehead atoms. The first-order valence-corrected chi connectivity index (χ1v) is 5.06. The minimum absolute atomic E-state index is 0.311.